The molecule has 2 heterocycles. The van der Waals surface area contributed by atoms with Gasteiger partial charge in [0.2, 0.25) is 5.89 Å². The number of ether oxygens (including phenoxy) is 2. The SMILES string of the molecule is CCNC(=NCc1nc(C(C)OCC)no1)NCC(C)N1CCOCC1. The molecule has 2 rings (SSSR count). The van der Waals surface area contributed by atoms with Gasteiger partial charge in [0.05, 0.1) is 13.2 Å². The highest BCUT2D eigenvalue weighted by atomic mass is 16.5. The van der Waals surface area contributed by atoms with Crippen LogP contribution in [0.15, 0.2) is 9.52 Å². The average molecular weight is 368 g/mol. The Kier molecular flexibility index (Phi) is 8.79. The van der Waals surface area contributed by atoms with Gasteiger partial charge in [0.25, 0.3) is 0 Å². The number of guanidine groups is 1. The number of rotatable bonds is 9. The molecule has 0 bridgehead atoms. The lowest BCUT2D eigenvalue weighted by atomic mass is 10.2. The highest BCUT2D eigenvalue weighted by molar-refractivity contribution is 5.79. The zero-order chi connectivity index (χ0) is 18.8. The molecule has 26 heavy (non-hydrogen) atoms. The quantitative estimate of drug-likeness (QED) is 0.491. The molecule has 0 aromatic carbocycles. The summed E-state index contributed by atoms with van der Waals surface area (Å²) in [6.07, 6.45) is -0.179. The molecule has 2 unspecified atom stereocenters. The van der Waals surface area contributed by atoms with Crippen molar-refractivity contribution < 1.29 is 14.0 Å². The van der Waals surface area contributed by atoms with Gasteiger partial charge < -0.3 is 24.6 Å². The normalized spacial score (nSPS) is 18.5. The first kappa shape index (κ1) is 20.6. The van der Waals surface area contributed by atoms with Crippen molar-refractivity contribution in [2.45, 2.75) is 46.4 Å². The summed E-state index contributed by atoms with van der Waals surface area (Å²) in [6.45, 7) is 14.2. The maximum Gasteiger partial charge on any atom is 0.248 e. The number of aromatic nitrogens is 2. The second kappa shape index (κ2) is 11.1. The topological polar surface area (TPSA) is 97.0 Å². The monoisotopic (exact) mass is 368 g/mol. The summed E-state index contributed by atoms with van der Waals surface area (Å²) >= 11 is 0. The Bertz CT molecular complexity index is 544. The van der Waals surface area contributed by atoms with Gasteiger partial charge in [0, 0.05) is 38.8 Å². The van der Waals surface area contributed by atoms with Gasteiger partial charge in [-0.15, -0.1) is 0 Å². The Morgan fingerprint density at radius 3 is 2.73 bits per heavy atom. The third-order valence-corrected chi connectivity index (χ3v) is 4.21. The molecular weight excluding hydrogens is 336 g/mol. The van der Waals surface area contributed by atoms with Crippen LogP contribution in [0.4, 0.5) is 0 Å². The Hall–Kier alpha value is -1.71. The maximum atomic E-state index is 5.47. The molecule has 9 nitrogen and oxygen atoms in total. The van der Waals surface area contributed by atoms with E-state index in [-0.39, 0.29) is 6.10 Å². The zero-order valence-corrected chi connectivity index (χ0v) is 16.3. The van der Waals surface area contributed by atoms with Crippen LogP contribution < -0.4 is 10.6 Å². The summed E-state index contributed by atoms with van der Waals surface area (Å²) in [6, 6.07) is 0.407. The average Bonchev–Trinajstić information content (AvgIpc) is 3.14. The van der Waals surface area contributed by atoms with Crippen molar-refractivity contribution >= 4 is 5.96 Å². The second-order valence-corrected chi connectivity index (χ2v) is 6.22. The largest absolute Gasteiger partial charge is 0.379 e. The van der Waals surface area contributed by atoms with Gasteiger partial charge in [-0.1, -0.05) is 5.16 Å². The first-order valence-corrected chi connectivity index (χ1v) is 9.42. The number of nitrogens with zero attached hydrogens (tertiary/aromatic N) is 4. The number of aliphatic imine (C=N–C) groups is 1. The van der Waals surface area contributed by atoms with Gasteiger partial charge in [-0.05, 0) is 27.7 Å². The van der Waals surface area contributed by atoms with Gasteiger partial charge >= 0.3 is 0 Å². The molecule has 1 aromatic heterocycles. The van der Waals surface area contributed by atoms with E-state index in [4.69, 9.17) is 14.0 Å². The molecule has 9 heteroatoms. The summed E-state index contributed by atoms with van der Waals surface area (Å²) in [5, 5.41) is 10.6. The molecule has 1 saturated heterocycles. The third kappa shape index (κ3) is 6.54. The van der Waals surface area contributed by atoms with Crippen LogP contribution in [-0.2, 0) is 16.0 Å². The summed E-state index contributed by atoms with van der Waals surface area (Å²) in [4.78, 5) is 11.3. The molecule has 0 saturated carbocycles. The number of hydrogen-bond acceptors (Lipinski definition) is 7. The predicted octanol–water partition coefficient (Wildman–Crippen LogP) is 0.943. The number of nitrogens with one attached hydrogen (secondary N) is 2. The van der Waals surface area contributed by atoms with Crippen LogP contribution in [0.25, 0.3) is 0 Å². The Morgan fingerprint density at radius 1 is 1.27 bits per heavy atom. The van der Waals surface area contributed by atoms with E-state index in [0.717, 1.165) is 45.4 Å². The van der Waals surface area contributed by atoms with E-state index in [0.29, 0.717) is 30.9 Å². The summed E-state index contributed by atoms with van der Waals surface area (Å²) in [7, 11) is 0. The van der Waals surface area contributed by atoms with Crippen LogP contribution in [0.5, 0.6) is 0 Å². The Labute approximate surface area is 155 Å². The lowest BCUT2D eigenvalue weighted by Crippen LogP contribution is -2.49. The molecule has 148 valence electrons. The van der Waals surface area contributed by atoms with Crippen LogP contribution in [-0.4, -0.2) is 73.0 Å². The smallest absolute Gasteiger partial charge is 0.248 e. The van der Waals surface area contributed by atoms with Crippen LogP contribution in [0.1, 0.15) is 45.5 Å². The molecule has 1 aromatic rings. The fourth-order valence-electron chi connectivity index (χ4n) is 2.70. The van der Waals surface area contributed by atoms with Crippen molar-refractivity contribution in [3.8, 4) is 0 Å². The first-order valence-electron chi connectivity index (χ1n) is 9.42. The first-order chi connectivity index (χ1) is 12.6. The highest BCUT2D eigenvalue weighted by Gasteiger charge is 2.17. The van der Waals surface area contributed by atoms with Crippen molar-refractivity contribution in [3.63, 3.8) is 0 Å². The van der Waals surface area contributed by atoms with Gasteiger partial charge in [0.15, 0.2) is 11.8 Å². The van der Waals surface area contributed by atoms with Crippen molar-refractivity contribution in [2.75, 3.05) is 46.0 Å². The standard InChI is InChI=1S/C17H32N6O3/c1-5-18-17(19-11-13(3)23-7-9-24-10-8-23)20-12-15-21-16(22-26-15)14(4)25-6-2/h13-14H,5-12H2,1-4H3,(H2,18,19,20). The van der Waals surface area contributed by atoms with Crippen LogP contribution in [0.3, 0.4) is 0 Å². The molecule has 0 radical (unpaired) electrons. The fourth-order valence-corrected chi connectivity index (χ4v) is 2.70. The minimum absolute atomic E-state index is 0.179. The van der Waals surface area contributed by atoms with Crippen molar-refractivity contribution in [3.05, 3.63) is 11.7 Å². The molecular formula is C17H32N6O3. The Balaban J connectivity index is 1.85. The summed E-state index contributed by atoms with van der Waals surface area (Å²) in [5.41, 5.74) is 0. The minimum atomic E-state index is -0.179. The molecule has 1 aliphatic rings. The van der Waals surface area contributed by atoms with Gasteiger partial charge in [0.1, 0.15) is 12.6 Å². The van der Waals surface area contributed by atoms with E-state index < -0.39 is 0 Å². The van der Waals surface area contributed by atoms with E-state index in [1.165, 1.54) is 0 Å². The van der Waals surface area contributed by atoms with Gasteiger partial charge in [-0.2, -0.15) is 4.98 Å². The van der Waals surface area contributed by atoms with Crippen molar-refractivity contribution in [1.82, 2.24) is 25.7 Å². The van der Waals surface area contributed by atoms with Crippen LogP contribution in [0.2, 0.25) is 0 Å². The highest BCUT2D eigenvalue weighted by Crippen LogP contribution is 2.12. The third-order valence-electron chi connectivity index (χ3n) is 4.21. The maximum absolute atomic E-state index is 5.47. The van der Waals surface area contributed by atoms with Crippen LogP contribution >= 0.6 is 0 Å². The summed E-state index contributed by atoms with van der Waals surface area (Å²) in [5.74, 6) is 1.77. The molecule has 0 aliphatic carbocycles. The molecule has 0 spiro atoms. The van der Waals surface area contributed by atoms with E-state index in [1.54, 1.807) is 0 Å². The minimum Gasteiger partial charge on any atom is -0.379 e. The lowest BCUT2D eigenvalue weighted by Gasteiger charge is -2.32. The summed E-state index contributed by atoms with van der Waals surface area (Å²) < 4.78 is 16.1. The molecule has 1 aliphatic heterocycles. The van der Waals surface area contributed by atoms with E-state index >= 15 is 0 Å². The van der Waals surface area contributed by atoms with E-state index in [1.807, 2.05) is 20.8 Å². The fraction of sp³-hybridized carbons (Fsp3) is 0.824. The lowest BCUT2D eigenvalue weighted by molar-refractivity contribution is 0.0211. The van der Waals surface area contributed by atoms with E-state index in [2.05, 4.69) is 37.6 Å². The number of morpholine rings is 1. The Morgan fingerprint density at radius 2 is 2.04 bits per heavy atom. The molecule has 2 N–H and O–H groups in total. The molecule has 2 atom stereocenters. The predicted molar refractivity (Wildman–Crippen MR) is 99.0 cm³/mol. The van der Waals surface area contributed by atoms with E-state index in [9.17, 15) is 0 Å². The zero-order valence-electron chi connectivity index (χ0n) is 16.3. The van der Waals surface area contributed by atoms with Gasteiger partial charge in [-0.3, -0.25) is 4.90 Å². The van der Waals surface area contributed by atoms with Crippen LogP contribution in [0, 0.1) is 0 Å². The number of hydrogen-bond donors (Lipinski definition) is 2. The molecule has 0 amide bonds. The van der Waals surface area contributed by atoms with Crippen molar-refractivity contribution in [2.24, 2.45) is 4.99 Å². The second-order valence-electron chi connectivity index (χ2n) is 6.22. The molecule has 1 fully saturated rings. The van der Waals surface area contributed by atoms with Crippen molar-refractivity contribution in [1.29, 1.82) is 0 Å². The van der Waals surface area contributed by atoms with Gasteiger partial charge in [-0.25, -0.2) is 4.99 Å².